The number of rotatable bonds is 4. The summed E-state index contributed by atoms with van der Waals surface area (Å²) in [5.74, 6) is 0.0369. The summed E-state index contributed by atoms with van der Waals surface area (Å²) in [6.07, 6.45) is 7.13. The van der Waals surface area contributed by atoms with Crippen LogP contribution < -0.4 is 10.2 Å². The Hall–Kier alpha value is -3.42. The van der Waals surface area contributed by atoms with Crippen LogP contribution in [0.2, 0.25) is 0 Å². The Morgan fingerprint density at radius 2 is 2.12 bits per heavy atom. The lowest BCUT2D eigenvalue weighted by Gasteiger charge is -2.45. The maximum atomic E-state index is 13.1. The number of carbonyl (C=O) groups excluding carboxylic acids is 2. The van der Waals surface area contributed by atoms with E-state index in [1.807, 2.05) is 6.07 Å². The summed E-state index contributed by atoms with van der Waals surface area (Å²) in [6, 6.07) is 13.8. The van der Waals surface area contributed by atoms with Crippen LogP contribution in [0.3, 0.4) is 0 Å². The van der Waals surface area contributed by atoms with Crippen LogP contribution in [0.25, 0.3) is 17.0 Å². The number of carbonyl (C=O) groups is 2. The number of aromatic nitrogens is 1. The SMILES string of the molecule is Cn1cc(CN2CCCC3(CC(=O)c4cc(/C=C/C(=O)NO)ccc4O3)C2)c2ccccc21. The minimum atomic E-state index is -0.622. The van der Waals surface area contributed by atoms with Gasteiger partial charge in [-0.15, -0.1) is 0 Å². The van der Waals surface area contributed by atoms with Crippen LogP contribution in [-0.2, 0) is 18.4 Å². The van der Waals surface area contributed by atoms with Crippen LogP contribution in [0, 0.1) is 0 Å². The Balaban J connectivity index is 1.35. The predicted octanol–water partition coefficient (Wildman–Crippen LogP) is 3.70. The van der Waals surface area contributed by atoms with E-state index in [2.05, 4.69) is 47.0 Å². The van der Waals surface area contributed by atoms with Gasteiger partial charge in [-0.3, -0.25) is 19.7 Å². The molecule has 7 nitrogen and oxygen atoms in total. The Bertz CT molecular complexity index is 1260. The number of hydroxylamine groups is 1. The lowest BCUT2D eigenvalue weighted by atomic mass is 9.83. The fraction of sp³-hybridized carbons (Fsp3) is 0.308. The van der Waals surface area contributed by atoms with Gasteiger partial charge in [0.15, 0.2) is 5.78 Å². The summed E-state index contributed by atoms with van der Waals surface area (Å²) in [4.78, 5) is 26.7. The normalized spacial score (nSPS) is 20.8. The van der Waals surface area contributed by atoms with Gasteiger partial charge in [-0.25, -0.2) is 5.48 Å². The Morgan fingerprint density at radius 1 is 1.27 bits per heavy atom. The second-order valence-electron chi connectivity index (χ2n) is 9.05. The van der Waals surface area contributed by atoms with Crippen molar-refractivity contribution in [2.75, 3.05) is 13.1 Å². The van der Waals surface area contributed by atoms with Crippen molar-refractivity contribution in [3.63, 3.8) is 0 Å². The average molecular weight is 446 g/mol. The van der Waals surface area contributed by atoms with Gasteiger partial charge < -0.3 is 9.30 Å². The molecule has 0 bridgehead atoms. The second kappa shape index (κ2) is 8.50. The molecule has 0 aliphatic carbocycles. The molecular weight excluding hydrogens is 418 g/mol. The van der Waals surface area contributed by atoms with E-state index in [4.69, 9.17) is 9.94 Å². The molecule has 33 heavy (non-hydrogen) atoms. The summed E-state index contributed by atoms with van der Waals surface area (Å²) < 4.78 is 8.65. The molecule has 1 atom stereocenters. The zero-order chi connectivity index (χ0) is 23.0. The van der Waals surface area contributed by atoms with Gasteiger partial charge in [0.25, 0.3) is 5.91 Å². The molecule has 170 valence electrons. The number of benzene rings is 2. The molecule has 1 amide bonds. The minimum Gasteiger partial charge on any atom is -0.485 e. The summed E-state index contributed by atoms with van der Waals surface area (Å²) in [5, 5.41) is 9.89. The molecule has 5 rings (SSSR count). The lowest BCUT2D eigenvalue weighted by Crippen LogP contribution is -2.54. The van der Waals surface area contributed by atoms with Crippen LogP contribution >= 0.6 is 0 Å². The monoisotopic (exact) mass is 445 g/mol. The van der Waals surface area contributed by atoms with Gasteiger partial charge in [0.1, 0.15) is 11.4 Å². The van der Waals surface area contributed by atoms with Crippen molar-refractivity contribution in [2.45, 2.75) is 31.4 Å². The number of ether oxygens (including phenoxy) is 1. The number of para-hydroxylation sites is 1. The third-order valence-corrected chi connectivity index (χ3v) is 6.64. The highest BCUT2D eigenvalue weighted by Crippen LogP contribution is 2.39. The molecule has 0 saturated carbocycles. The van der Waals surface area contributed by atoms with Crippen molar-refractivity contribution in [1.29, 1.82) is 0 Å². The van der Waals surface area contributed by atoms with E-state index >= 15 is 0 Å². The Morgan fingerprint density at radius 3 is 2.97 bits per heavy atom. The lowest BCUT2D eigenvalue weighted by molar-refractivity contribution is -0.124. The number of ketones is 1. The summed E-state index contributed by atoms with van der Waals surface area (Å²) in [5.41, 5.74) is 4.79. The van der Waals surface area contributed by atoms with Crippen molar-refractivity contribution >= 4 is 28.7 Å². The third kappa shape index (κ3) is 4.17. The van der Waals surface area contributed by atoms with Gasteiger partial charge in [0.05, 0.1) is 12.0 Å². The van der Waals surface area contributed by atoms with E-state index in [9.17, 15) is 9.59 Å². The van der Waals surface area contributed by atoms with Gasteiger partial charge in [0, 0.05) is 43.3 Å². The number of Topliss-reactive ketones (excluding diaryl/α,β-unsaturated/α-hetero) is 1. The molecule has 1 aromatic heterocycles. The van der Waals surface area contributed by atoms with E-state index in [-0.39, 0.29) is 5.78 Å². The van der Waals surface area contributed by atoms with Crippen molar-refractivity contribution in [1.82, 2.24) is 14.9 Å². The number of aryl methyl sites for hydroxylation is 1. The van der Waals surface area contributed by atoms with Crippen LogP contribution in [-0.4, -0.2) is 45.1 Å². The van der Waals surface area contributed by atoms with Gasteiger partial charge in [-0.2, -0.15) is 0 Å². The number of likely N-dealkylation sites (tertiary alicyclic amines) is 1. The first-order valence-electron chi connectivity index (χ1n) is 11.2. The van der Waals surface area contributed by atoms with Crippen molar-refractivity contribution in [3.8, 4) is 5.75 Å². The standard InChI is InChI=1S/C26H27N3O4/c1-28-15-19(20-5-2-3-6-22(20)28)16-29-12-4-11-26(17-29)14-23(30)21-13-18(7-9-24(21)33-26)8-10-25(31)27-32/h2-3,5-10,13,15,32H,4,11-12,14,16-17H2,1H3,(H,27,31)/b10-8+. The molecule has 2 aliphatic heterocycles. The molecule has 2 aromatic carbocycles. The molecule has 3 heterocycles. The highest BCUT2D eigenvalue weighted by atomic mass is 16.5. The molecule has 1 unspecified atom stereocenters. The number of hydrogen-bond acceptors (Lipinski definition) is 5. The van der Waals surface area contributed by atoms with Crippen molar-refractivity contribution in [2.24, 2.45) is 7.05 Å². The van der Waals surface area contributed by atoms with E-state index < -0.39 is 11.5 Å². The quantitative estimate of drug-likeness (QED) is 0.364. The molecule has 1 fully saturated rings. The number of nitrogens with one attached hydrogen (secondary N) is 1. The van der Waals surface area contributed by atoms with E-state index in [0.29, 0.717) is 29.8 Å². The zero-order valence-corrected chi connectivity index (χ0v) is 18.6. The van der Waals surface area contributed by atoms with Gasteiger partial charge in [0.2, 0.25) is 0 Å². The van der Waals surface area contributed by atoms with Gasteiger partial charge in [-0.05, 0) is 54.8 Å². The van der Waals surface area contributed by atoms with Crippen LogP contribution in [0.1, 0.15) is 40.7 Å². The predicted molar refractivity (Wildman–Crippen MR) is 125 cm³/mol. The minimum absolute atomic E-state index is 0.0603. The smallest absolute Gasteiger partial charge is 0.267 e. The Kier molecular flexibility index (Phi) is 5.52. The largest absolute Gasteiger partial charge is 0.485 e. The molecule has 3 aromatic rings. The molecule has 1 spiro atoms. The summed E-state index contributed by atoms with van der Waals surface area (Å²) in [7, 11) is 2.07. The van der Waals surface area contributed by atoms with E-state index in [1.165, 1.54) is 22.5 Å². The highest BCUT2D eigenvalue weighted by molar-refractivity contribution is 6.01. The number of hydrogen-bond donors (Lipinski definition) is 2. The van der Waals surface area contributed by atoms with Gasteiger partial charge >= 0.3 is 0 Å². The molecular formula is C26H27N3O4. The van der Waals surface area contributed by atoms with E-state index in [0.717, 1.165) is 25.9 Å². The van der Waals surface area contributed by atoms with Crippen molar-refractivity contribution < 1.29 is 19.5 Å². The fourth-order valence-electron chi connectivity index (χ4n) is 5.17. The third-order valence-electron chi connectivity index (χ3n) is 6.64. The first-order chi connectivity index (χ1) is 16.0. The highest BCUT2D eigenvalue weighted by Gasteiger charge is 2.43. The molecule has 2 aliphatic rings. The number of amides is 1. The second-order valence-corrected chi connectivity index (χ2v) is 9.05. The van der Waals surface area contributed by atoms with Crippen LogP contribution in [0.5, 0.6) is 5.75 Å². The first kappa shape index (κ1) is 21.4. The number of piperidine rings is 1. The fourth-order valence-corrected chi connectivity index (χ4v) is 5.17. The maximum absolute atomic E-state index is 13.1. The molecule has 0 radical (unpaired) electrons. The number of fused-ring (bicyclic) bond motifs is 2. The maximum Gasteiger partial charge on any atom is 0.267 e. The summed E-state index contributed by atoms with van der Waals surface area (Å²) in [6.45, 7) is 2.51. The zero-order valence-electron chi connectivity index (χ0n) is 18.6. The molecule has 2 N–H and O–H groups in total. The van der Waals surface area contributed by atoms with E-state index in [1.54, 1.807) is 23.7 Å². The average Bonchev–Trinajstić information content (AvgIpc) is 3.13. The van der Waals surface area contributed by atoms with Crippen LogP contribution in [0.15, 0.2) is 54.7 Å². The Labute approximate surface area is 192 Å². The van der Waals surface area contributed by atoms with Crippen LogP contribution in [0.4, 0.5) is 0 Å². The van der Waals surface area contributed by atoms with Crippen molar-refractivity contribution in [3.05, 3.63) is 71.4 Å². The number of nitrogens with zero attached hydrogens (tertiary/aromatic N) is 2. The molecule has 7 heteroatoms. The summed E-state index contributed by atoms with van der Waals surface area (Å²) >= 11 is 0. The topological polar surface area (TPSA) is 83.8 Å². The molecule has 1 saturated heterocycles. The first-order valence-corrected chi connectivity index (χ1v) is 11.2. The van der Waals surface area contributed by atoms with Gasteiger partial charge in [-0.1, -0.05) is 24.3 Å².